The number of hydrogen-bond donors (Lipinski definition) is 1. The topological polar surface area (TPSA) is 35.2 Å². The fourth-order valence-corrected chi connectivity index (χ4v) is 4.02. The lowest BCUT2D eigenvalue weighted by Crippen LogP contribution is -2.17. The Morgan fingerprint density at radius 2 is 2.00 bits per heavy atom. The minimum Gasteiger partial charge on any atom is -0.381 e. The average molecular weight is 269 g/mol. The van der Waals surface area contributed by atoms with Crippen molar-refractivity contribution < 1.29 is 4.74 Å². The third-order valence-corrected chi connectivity index (χ3v) is 5.24. The van der Waals surface area contributed by atoms with E-state index in [9.17, 15) is 0 Å². The van der Waals surface area contributed by atoms with E-state index < -0.39 is 0 Å². The summed E-state index contributed by atoms with van der Waals surface area (Å²) in [5, 5.41) is 0.686. The standard InChI is InChI=1S/C13H19NOS2/c1-16-12-3-2-4-13(11(12)9-14)17-10-5-7-15-8-6-10/h2-4,10H,5-9,14H2,1H3. The van der Waals surface area contributed by atoms with Crippen LogP contribution >= 0.6 is 23.5 Å². The maximum absolute atomic E-state index is 5.88. The summed E-state index contributed by atoms with van der Waals surface area (Å²) in [5.74, 6) is 0. The molecule has 0 saturated carbocycles. The molecule has 1 heterocycles. The molecule has 1 aromatic rings. The van der Waals surface area contributed by atoms with Gasteiger partial charge >= 0.3 is 0 Å². The summed E-state index contributed by atoms with van der Waals surface area (Å²) in [7, 11) is 0. The molecule has 94 valence electrons. The van der Waals surface area contributed by atoms with Crippen LogP contribution in [0.1, 0.15) is 18.4 Å². The number of rotatable bonds is 4. The van der Waals surface area contributed by atoms with Gasteiger partial charge in [-0.3, -0.25) is 0 Å². The molecule has 4 heteroatoms. The number of benzene rings is 1. The van der Waals surface area contributed by atoms with Gasteiger partial charge in [-0.05, 0) is 36.8 Å². The van der Waals surface area contributed by atoms with Gasteiger partial charge < -0.3 is 10.5 Å². The fourth-order valence-electron chi connectivity index (χ4n) is 2.02. The number of hydrogen-bond acceptors (Lipinski definition) is 4. The number of thioether (sulfide) groups is 2. The van der Waals surface area contributed by atoms with Crippen molar-refractivity contribution in [2.45, 2.75) is 34.4 Å². The molecule has 1 aromatic carbocycles. The van der Waals surface area contributed by atoms with Crippen LogP contribution in [0.5, 0.6) is 0 Å². The predicted octanol–water partition coefficient (Wildman–Crippen LogP) is 3.14. The highest BCUT2D eigenvalue weighted by molar-refractivity contribution is 8.00. The Bertz CT molecular complexity index is 364. The van der Waals surface area contributed by atoms with Gasteiger partial charge in [0.05, 0.1) is 0 Å². The molecule has 0 unspecified atom stereocenters. The Morgan fingerprint density at radius 3 is 2.65 bits per heavy atom. The predicted molar refractivity (Wildman–Crippen MR) is 75.8 cm³/mol. The second-order valence-corrected chi connectivity index (χ2v) is 6.26. The molecule has 2 rings (SSSR count). The van der Waals surface area contributed by atoms with Gasteiger partial charge in [0.1, 0.15) is 0 Å². The van der Waals surface area contributed by atoms with E-state index in [4.69, 9.17) is 10.5 Å². The Hall–Kier alpha value is -0.160. The van der Waals surface area contributed by atoms with Gasteiger partial charge in [0.2, 0.25) is 0 Å². The van der Waals surface area contributed by atoms with Crippen LogP contribution in [0, 0.1) is 0 Å². The molecular formula is C13H19NOS2. The first-order valence-corrected chi connectivity index (χ1v) is 8.06. The SMILES string of the molecule is CSc1cccc(SC2CCOCC2)c1CN. The molecule has 1 saturated heterocycles. The van der Waals surface area contributed by atoms with Gasteiger partial charge in [-0.2, -0.15) is 0 Å². The molecule has 2 nitrogen and oxygen atoms in total. The first-order valence-electron chi connectivity index (χ1n) is 5.95. The molecular weight excluding hydrogens is 250 g/mol. The first-order chi connectivity index (χ1) is 8.35. The molecule has 0 amide bonds. The molecule has 0 spiro atoms. The highest BCUT2D eigenvalue weighted by Crippen LogP contribution is 2.35. The van der Waals surface area contributed by atoms with Crippen molar-refractivity contribution >= 4 is 23.5 Å². The van der Waals surface area contributed by atoms with Gasteiger partial charge in [-0.1, -0.05) is 6.07 Å². The molecule has 2 N–H and O–H groups in total. The molecule has 1 fully saturated rings. The van der Waals surface area contributed by atoms with Crippen LogP contribution in [-0.2, 0) is 11.3 Å². The Labute approximate surface area is 112 Å². The summed E-state index contributed by atoms with van der Waals surface area (Å²) in [4.78, 5) is 2.66. The summed E-state index contributed by atoms with van der Waals surface area (Å²) < 4.78 is 5.40. The minimum absolute atomic E-state index is 0.628. The molecule has 0 radical (unpaired) electrons. The molecule has 1 aliphatic rings. The maximum Gasteiger partial charge on any atom is 0.0476 e. The third-order valence-electron chi connectivity index (χ3n) is 2.98. The normalized spacial score (nSPS) is 17.3. The van der Waals surface area contributed by atoms with Crippen molar-refractivity contribution in [3.8, 4) is 0 Å². The lowest BCUT2D eigenvalue weighted by atomic mass is 10.2. The third kappa shape index (κ3) is 3.41. The molecule has 1 aliphatic heterocycles. The zero-order valence-electron chi connectivity index (χ0n) is 10.1. The minimum atomic E-state index is 0.628. The van der Waals surface area contributed by atoms with E-state index in [2.05, 4.69) is 24.5 Å². The second kappa shape index (κ2) is 6.69. The molecule has 0 aliphatic carbocycles. The first kappa shape index (κ1) is 13.3. The van der Waals surface area contributed by atoms with Gasteiger partial charge in [0.25, 0.3) is 0 Å². The van der Waals surface area contributed by atoms with Gasteiger partial charge in [-0.15, -0.1) is 23.5 Å². The van der Waals surface area contributed by atoms with E-state index >= 15 is 0 Å². The summed E-state index contributed by atoms with van der Waals surface area (Å²) in [5.41, 5.74) is 7.18. The van der Waals surface area contributed by atoms with Crippen LogP contribution < -0.4 is 5.73 Å². The lowest BCUT2D eigenvalue weighted by Gasteiger charge is -2.23. The van der Waals surface area contributed by atoms with E-state index in [1.165, 1.54) is 15.4 Å². The quantitative estimate of drug-likeness (QED) is 0.852. The summed E-state index contributed by atoms with van der Waals surface area (Å²) >= 11 is 3.75. The average Bonchev–Trinajstić information content (AvgIpc) is 2.39. The van der Waals surface area contributed by atoms with E-state index in [1.54, 1.807) is 11.8 Å². The van der Waals surface area contributed by atoms with Crippen LogP contribution in [0.3, 0.4) is 0 Å². The zero-order chi connectivity index (χ0) is 12.1. The Morgan fingerprint density at radius 1 is 1.29 bits per heavy atom. The highest BCUT2D eigenvalue weighted by Gasteiger charge is 2.17. The van der Waals surface area contributed by atoms with E-state index in [-0.39, 0.29) is 0 Å². The summed E-state index contributed by atoms with van der Waals surface area (Å²) in [6.45, 7) is 2.43. The Kier molecular flexibility index (Phi) is 5.22. The van der Waals surface area contributed by atoms with E-state index in [0.717, 1.165) is 26.1 Å². The van der Waals surface area contributed by atoms with Crippen molar-refractivity contribution in [3.05, 3.63) is 23.8 Å². The van der Waals surface area contributed by atoms with Crippen LogP contribution in [-0.4, -0.2) is 24.7 Å². The molecule has 0 aromatic heterocycles. The highest BCUT2D eigenvalue weighted by atomic mass is 32.2. The van der Waals surface area contributed by atoms with Crippen molar-refractivity contribution in [1.29, 1.82) is 0 Å². The molecule has 17 heavy (non-hydrogen) atoms. The van der Waals surface area contributed by atoms with Gasteiger partial charge in [0, 0.05) is 34.8 Å². The number of nitrogens with two attached hydrogens (primary N) is 1. The number of ether oxygens (including phenoxy) is 1. The van der Waals surface area contributed by atoms with E-state index in [1.807, 2.05) is 11.8 Å². The van der Waals surface area contributed by atoms with Crippen LogP contribution in [0.2, 0.25) is 0 Å². The van der Waals surface area contributed by atoms with Gasteiger partial charge in [-0.25, -0.2) is 0 Å². The lowest BCUT2D eigenvalue weighted by molar-refractivity contribution is 0.1000. The summed E-state index contributed by atoms with van der Waals surface area (Å²) in [6.07, 6.45) is 4.41. The molecule has 0 bridgehead atoms. The summed E-state index contributed by atoms with van der Waals surface area (Å²) in [6, 6.07) is 6.48. The van der Waals surface area contributed by atoms with Crippen molar-refractivity contribution in [2.24, 2.45) is 5.73 Å². The monoisotopic (exact) mass is 269 g/mol. The van der Waals surface area contributed by atoms with Crippen LogP contribution in [0.25, 0.3) is 0 Å². The van der Waals surface area contributed by atoms with Crippen molar-refractivity contribution in [3.63, 3.8) is 0 Å². The fraction of sp³-hybridized carbons (Fsp3) is 0.538. The maximum atomic E-state index is 5.88. The largest absolute Gasteiger partial charge is 0.381 e. The molecule has 0 atom stereocenters. The smallest absolute Gasteiger partial charge is 0.0476 e. The van der Waals surface area contributed by atoms with Crippen molar-refractivity contribution in [2.75, 3.05) is 19.5 Å². The van der Waals surface area contributed by atoms with Gasteiger partial charge in [0.15, 0.2) is 0 Å². The van der Waals surface area contributed by atoms with E-state index in [0.29, 0.717) is 11.8 Å². The zero-order valence-corrected chi connectivity index (χ0v) is 11.8. The Balaban J connectivity index is 2.13. The van der Waals surface area contributed by atoms with Crippen molar-refractivity contribution in [1.82, 2.24) is 0 Å². The van der Waals surface area contributed by atoms with Crippen LogP contribution in [0.4, 0.5) is 0 Å². The van der Waals surface area contributed by atoms with Crippen LogP contribution in [0.15, 0.2) is 28.0 Å². The second-order valence-electron chi connectivity index (χ2n) is 4.07.